The van der Waals surface area contributed by atoms with Crippen molar-refractivity contribution in [2.24, 2.45) is 5.92 Å². The van der Waals surface area contributed by atoms with E-state index in [1.807, 2.05) is 0 Å². The van der Waals surface area contributed by atoms with E-state index in [4.69, 9.17) is 9.84 Å². The number of aromatic carboxylic acids is 1. The van der Waals surface area contributed by atoms with Gasteiger partial charge >= 0.3 is 5.97 Å². The Bertz CT molecular complexity index is 508. The lowest BCUT2D eigenvalue weighted by Gasteiger charge is -2.22. The highest BCUT2D eigenvalue weighted by molar-refractivity contribution is 5.91. The zero-order valence-corrected chi connectivity index (χ0v) is 11.1. The molecule has 1 fully saturated rings. The molecule has 1 aliphatic rings. The van der Waals surface area contributed by atoms with Gasteiger partial charge in [-0.3, -0.25) is 10.1 Å². The number of ether oxygens (including phenoxy) is 1. The molecule has 2 rings (SSSR count). The van der Waals surface area contributed by atoms with Crippen LogP contribution in [-0.4, -0.2) is 22.6 Å². The predicted octanol–water partition coefficient (Wildman–Crippen LogP) is 3.25. The fourth-order valence-electron chi connectivity index (χ4n) is 2.49. The van der Waals surface area contributed by atoms with E-state index >= 15 is 0 Å². The minimum absolute atomic E-state index is 0.157. The van der Waals surface area contributed by atoms with Gasteiger partial charge < -0.3 is 9.84 Å². The molecule has 0 unspecified atom stereocenters. The van der Waals surface area contributed by atoms with Crippen molar-refractivity contribution in [3.63, 3.8) is 0 Å². The van der Waals surface area contributed by atoms with Crippen LogP contribution < -0.4 is 4.74 Å². The maximum Gasteiger partial charge on any atom is 0.339 e. The van der Waals surface area contributed by atoms with Gasteiger partial charge in [0.25, 0.3) is 5.69 Å². The van der Waals surface area contributed by atoms with Crippen molar-refractivity contribution >= 4 is 11.7 Å². The maximum atomic E-state index is 11.1. The first-order valence-corrected chi connectivity index (χ1v) is 6.72. The van der Waals surface area contributed by atoms with E-state index in [9.17, 15) is 14.9 Å². The van der Waals surface area contributed by atoms with Crippen LogP contribution in [0.5, 0.6) is 5.75 Å². The Labute approximate surface area is 116 Å². The monoisotopic (exact) mass is 279 g/mol. The SMILES string of the molecule is O=C(O)c1cc([N+](=O)[O-])ccc1OCC1CCCCC1. The van der Waals surface area contributed by atoms with Crippen LogP contribution in [0.3, 0.4) is 0 Å². The number of nitro groups is 1. The van der Waals surface area contributed by atoms with Crippen LogP contribution in [0.25, 0.3) is 0 Å². The van der Waals surface area contributed by atoms with Crippen molar-refractivity contribution in [3.05, 3.63) is 33.9 Å². The van der Waals surface area contributed by atoms with Crippen molar-refractivity contribution in [1.82, 2.24) is 0 Å². The Morgan fingerprint density at radius 2 is 2.05 bits per heavy atom. The molecule has 0 saturated heterocycles. The molecule has 1 aromatic rings. The van der Waals surface area contributed by atoms with E-state index in [2.05, 4.69) is 0 Å². The fraction of sp³-hybridized carbons (Fsp3) is 0.500. The smallest absolute Gasteiger partial charge is 0.339 e. The van der Waals surface area contributed by atoms with Crippen LogP contribution in [0.2, 0.25) is 0 Å². The lowest BCUT2D eigenvalue weighted by atomic mass is 9.90. The van der Waals surface area contributed by atoms with E-state index in [0.29, 0.717) is 12.5 Å². The van der Waals surface area contributed by atoms with Gasteiger partial charge in [0.15, 0.2) is 0 Å². The Balaban J connectivity index is 2.09. The molecule has 0 radical (unpaired) electrons. The zero-order chi connectivity index (χ0) is 14.5. The molecular formula is C14H17NO5. The molecule has 0 heterocycles. The number of non-ortho nitro benzene ring substituents is 1. The second kappa shape index (κ2) is 6.36. The van der Waals surface area contributed by atoms with Crippen molar-refractivity contribution < 1.29 is 19.6 Å². The second-order valence-corrected chi connectivity index (χ2v) is 5.06. The van der Waals surface area contributed by atoms with Gasteiger partial charge in [0, 0.05) is 12.1 Å². The van der Waals surface area contributed by atoms with E-state index < -0.39 is 10.9 Å². The Morgan fingerprint density at radius 3 is 2.65 bits per heavy atom. The number of hydrogen-bond donors (Lipinski definition) is 1. The summed E-state index contributed by atoms with van der Waals surface area (Å²) < 4.78 is 5.57. The third-order valence-corrected chi connectivity index (χ3v) is 3.60. The summed E-state index contributed by atoms with van der Waals surface area (Å²) in [5.41, 5.74) is -0.401. The van der Waals surface area contributed by atoms with Crippen molar-refractivity contribution in [3.8, 4) is 5.75 Å². The first-order valence-electron chi connectivity index (χ1n) is 6.72. The summed E-state index contributed by atoms with van der Waals surface area (Å²) in [4.78, 5) is 21.2. The average Bonchev–Trinajstić information content (AvgIpc) is 2.45. The Hall–Kier alpha value is -2.11. The molecular weight excluding hydrogens is 262 g/mol. The largest absolute Gasteiger partial charge is 0.492 e. The fourth-order valence-corrected chi connectivity index (χ4v) is 2.49. The molecule has 20 heavy (non-hydrogen) atoms. The maximum absolute atomic E-state index is 11.1. The van der Waals surface area contributed by atoms with Crippen LogP contribution in [0.4, 0.5) is 5.69 Å². The lowest BCUT2D eigenvalue weighted by molar-refractivity contribution is -0.384. The standard InChI is InChI=1S/C14H17NO5/c16-14(17)12-8-11(15(18)19)6-7-13(12)20-9-10-4-2-1-3-5-10/h6-8,10H,1-5,9H2,(H,16,17). The van der Waals surface area contributed by atoms with Crippen LogP contribution in [0.1, 0.15) is 42.5 Å². The van der Waals surface area contributed by atoms with Gasteiger partial charge in [-0.1, -0.05) is 19.3 Å². The minimum Gasteiger partial charge on any atom is -0.492 e. The molecule has 108 valence electrons. The zero-order valence-electron chi connectivity index (χ0n) is 11.1. The van der Waals surface area contributed by atoms with Gasteiger partial charge in [-0.05, 0) is 24.8 Å². The number of benzene rings is 1. The number of carboxylic acids is 1. The van der Waals surface area contributed by atoms with Crippen molar-refractivity contribution in [2.75, 3.05) is 6.61 Å². The molecule has 0 spiro atoms. The van der Waals surface area contributed by atoms with E-state index in [0.717, 1.165) is 18.9 Å². The number of hydrogen-bond acceptors (Lipinski definition) is 4. The van der Waals surface area contributed by atoms with Gasteiger partial charge in [0.05, 0.1) is 11.5 Å². The molecule has 0 aromatic heterocycles. The Kier molecular flexibility index (Phi) is 4.55. The van der Waals surface area contributed by atoms with Crippen molar-refractivity contribution in [2.45, 2.75) is 32.1 Å². The molecule has 1 N–H and O–H groups in total. The summed E-state index contributed by atoms with van der Waals surface area (Å²) in [7, 11) is 0. The molecule has 0 aliphatic heterocycles. The second-order valence-electron chi connectivity index (χ2n) is 5.06. The summed E-state index contributed by atoms with van der Waals surface area (Å²) in [5.74, 6) is -0.568. The van der Waals surface area contributed by atoms with E-state index in [1.54, 1.807) is 0 Å². The molecule has 1 aliphatic carbocycles. The third kappa shape index (κ3) is 3.46. The van der Waals surface area contributed by atoms with E-state index in [1.165, 1.54) is 31.4 Å². The number of rotatable bonds is 5. The summed E-state index contributed by atoms with van der Waals surface area (Å²) >= 11 is 0. The number of carboxylic acid groups (broad SMARTS) is 1. The van der Waals surface area contributed by atoms with Crippen molar-refractivity contribution in [1.29, 1.82) is 0 Å². The minimum atomic E-state index is -1.22. The normalized spacial score (nSPS) is 15.8. The quantitative estimate of drug-likeness (QED) is 0.660. The highest BCUT2D eigenvalue weighted by Gasteiger charge is 2.19. The van der Waals surface area contributed by atoms with E-state index in [-0.39, 0.29) is 17.0 Å². The molecule has 0 atom stereocenters. The predicted molar refractivity (Wildman–Crippen MR) is 72.1 cm³/mol. The van der Waals surface area contributed by atoms with Gasteiger partial charge in [-0.25, -0.2) is 4.79 Å². The van der Waals surface area contributed by atoms with Crippen LogP contribution in [0, 0.1) is 16.0 Å². The van der Waals surface area contributed by atoms with Gasteiger partial charge in [-0.2, -0.15) is 0 Å². The molecule has 1 aromatic carbocycles. The highest BCUT2D eigenvalue weighted by Crippen LogP contribution is 2.28. The first kappa shape index (κ1) is 14.3. The summed E-state index contributed by atoms with van der Waals surface area (Å²) in [6.07, 6.45) is 5.79. The number of nitro benzene ring substituents is 1. The highest BCUT2D eigenvalue weighted by atomic mass is 16.6. The molecule has 6 heteroatoms. The number of carbonyl (C=O) groups is 1. The van der Waals surface area contributed by atoms with Crippen LogP contribution in [-0.2, 0) is 0 Å². The molecule has 6 nitrogen and oxygen atoms in total. The third-order valence-electron chi connectivity index (χ3n) is 3.60. The molecule has 0 bridgehead atoms. The van der Waals surface area contributed by atoms with Crippen LogP contribution in [0.15, 0.2) is 18.2 Å². The Morgan fingerprint density at radius 1 is 1.35 bits per heavy atom. The molecule has 1 saturated carbocycles. The number of nitrogens with zero attached hydrogens (tertiary/aromatic N) is 1. The summed E-state index contributed by atoms with van der Waals surface area (Å²) in [6, 6.07) is 3.67. The molecule has 0 amide bonds. The lowest BCUT2D eigenvalue weighted by Crippen LogP contribution is -2.16. The van der Waals surface area contributed by atoms with Gasteiger partial charge in [-0.15, -0.1) is 0 Å². The summed E-state index contributed by atoms with van der Waals surface area (Å²) in [5, 5.41) is 19.8. The average molecular weight is 279 g/mol. The topological polar surface area (TPSA) is 89.7 Å². The van der Waals surface area contributed by atoms with Gasteiger partial charge in [0.1, 0.15) is 11.3 Å². The van der Waals surface area contributed by atoms with Crippen LogP contribution >= 0.6 is 0 Å². The van der Waals surface area contributed by atoms with Gasteiger partial charge in [0.2, 0.25) is 0 Å². The first-order chi connectivity index (χ1) is 9.58. The summed E-state index contributed by atoms with van der Waals surface area (Å²) in [6.45, 7) is 0.470.